The highest BCUT2D eigenvalue weighted by molar-refractivity contribution is 9.10. The van der Waals surface area contributed by atoms with Crippen molar-refractivity contribution in [1.82, 2.24) is 0 Å². The first-order valence-corrected chi connectivity index (χ1v) is 10.8. The number of allylic oxidation sites excluding steroid dienone is 1. The van der Waals surface area contributed by atoms with Crippen molar-refractivity contribution in [2.75, 3.05) is 27.4 Å². The largest absolute Gasteiger partial charge is 0.497 e. The average molecular weight is 503 g/mol. The Balaban J connectivity index is 1.99. The highest BCUT2D eigenvalue weighted by Gasteiger charge is 2.18. The lowest BCUT2D eigenvalue weighted by molar-refractivity contribution is -0.149. The van der Waals surface area contributed by atoms with Crippen LogP contribution in [0.15, 0.2) is 52.5 Å². The van der Waals surface area contributed by atoms with Crippen LogP contribution in [0.5, 0.6) is 17.2 Å². The fraction of sp³-hybridized carbons (Fsp3) is 0.320. The van der Waals surface area contributed by atoms with Crippen molar-refractivity contribution in [3.05, 3.63) is 63.6 Å². The van der Waals surface area contributed by atoms with Gasteiger partial charge in [-0.15, -0.1) is 0 Å². The molecule has 170 valence electrons. The molecular formula is C25H27BrO6. The third-order valence-corrected chi connectivity index (χ3v) is 5.06. The molecule has 0 bridgehead atoms. The van der Waals surface area contributed by atoms with E-state index in [0.717, 1.165) is 21.2 Å². The maximum atomic E-state index is 11.3. The Kier molecular flexibility index (Phi) is 10.1. The smallest absolute Gasteiger partial charge is 0.333 e. The van der Waals surface area contributed by atoms with Crippen LogP contribution in [-0.4, -0.2) is 44.6 Å². The topological polar surface area (TPSA) is 74.2 Å². The minimum absolute atomic E-state index is 0.283. The number of rotatable bonds is 10. The molecule has 0 aliphatic carbocycles. The van der Waals surface area contributed by atoms with Gasteiger partial charge in [-0.1, -0.05) is 17.9 Å². The van der Waals surface area contributed by atoms with Gasteiger partial charge in [0, 0.05) is 24.7 Å². The molecule has 1 atom stereocenters. The predicted molar refractivity (Wildman–Crippen MR) is 127 cm³/mol. The molecule has 2 aromatic rings. The second-order valence-corrected chi connectivity index (χ2v) is 7.65. The summed E-state index contributed by atoms with van der Waals surface area (Å²) in [5.74, 6) is 7.24. The fourth-order valence-corrected chi connectivity index (χ4v) is 3.32. The standard InChI is InChI=1S/C25H27BrO6/c1-5-31-24(25(27)28)15-19-8-9-23(22(26)14-19)32-11-10-17(2)6-7-18-12-20(29-3)16-21(13-18)30-4/h8-10,12-14,16,24H,5,11,15H2,1-4H3,(H,27,28)/t24-/m0/s1. The molecule has 0 saturated heterocycles. The Morgan fingerprint density at radius 2 is 1.84 bits per heavy atom. The molecule has 0 amide bonds. The third kappa shape index (κ3) is 7.95. The van der Waals surface area contributed by atoms with Crippen molar-refractivity contribution >= 4 is 21.9 Å². The third-order valence-electron chi connectivity index (χ3n) is 4.44. The van der Waals surface area contributed by atoms with Gasteiger partial charge in [-0.05, 0) is 71.3 Å². The maximum absolute atomic E-state index is 11.3. The van der Waals surface area contributed by atoms with E-state index < -0.39 is 12.1 Å². The second-order valence-electron chi connectivity index (χ2n) is 6.80. The lowest BCUT2D eigenvalue weighted by Crippen LogP contribution is -2.26. The zero-order valence-electron chi connectivity index (χ0n) is 18.6. The summed E-state index contributed by atoms with van der Waals surface area (Å²) >= 11 is 3.48. The Morgan fingerprint density at radius 1 is 1.16 bits per heavy atom. The number of benzene rings is 2. The lowest BCUT2D eigenvalue weighted by atomic mass is 10.1. The Bertz CT molecular complexity index is 997. The van der Waals surface area contributed by atoms with Crippen LogP contribution in [-0.2, 0) is 16.0 Å². The van der Waals surface area contributed by atoms with E-state index in [2.05, 4.69) is 27.8 Å². The molecule has 1 N–H and O–H groups in total. The molecule has 0 heterocycles. The van der Waals surface area contributed by atoms with Gasteiger partial charge in [0.05, 0.1) is 18.7 Å². The van der Waals surface area contributed by atoms with Gasteiger partial charge in [-0.25, -0.2) is 4.79 Å². The van der Waals surface area contributed by atoms with Crippen molar-refractivity contribution < 1.29 is 28.8 Å². The minimum Gasteiger partial charge on any atom is -0.497 e. The van der Waals surface area contributed by atoms with Crippen molar-refractivity contribution in [2.24, 2.45) is 0 Å². The number of aliphatic carboxylic acids is 1. The summed E-state index contributed by atoms with van der Waals surface area (Å²) in [5, 5.41) is 9.24. The zero-order valence-corrected chi connectivity index (χ0v) is 20.2. The maximum Gasteiger partial charge on any atom is 0.333 e. The van der Waals surface area contributed by atoms with Gasteiger partial charge in [0.1, 0.15) is 23.9 Å². The lowest BCUT2D eigenvalue weighted by Gasteiger charge is -2.13. The fourth-order valence-electron chi connectivity index (χ4n) is 2.78. The molecular weight excluding hydrogens is 476 g/mol. The molecule has 0 aliphatic heterocycles. The van der Waals surface area contributed by atoms with Crippen LogP contribution in [0, 0.1) is 11.8 Å². The van der Waals surface area contributed by atoms with E-state index in [-0.39, 0.29) is 6.42 Å². The van der Waals surface area contributed by atoms with Crippen molar-refractivity contribution in [3.8, 4) is 29.1 Å². The molecule has 0 fully saturated rings. The van der Waals surface area contributed by atoms with Gasteiger partial charge in [-0.3, -0.25) is 0 Å². The van der Waals surface area contributed by atoms with Crippen LogP contribution in [0.4, 0.5) is 0 Å². The molecule has 2 rings (SSSR count). The first kappa shape index (κ1) is 25.3. The number of carboxylic acids is 1. The molecule has 32 heavy (non-hydrogen) atoms. The summed E-state index contributed by atoms with van der Waals surface area (Å²) in [4.78, 5) is 11.3. The van der Waals surface area contributed by atoms with Crippen molar-refractivity contribution in [1.29, 1.82) is 0 Å². The van der Waals surface area contributed by atoms with Gasteiger partial charge < -0.3 is 24.1 Å². The monoisotopic (exact) mass is 502 g/mol. The average Bonchev–Trinajstić information content (AvgIpc) is 2.78. The van der Waals surface area contributed by atoms with Gasteiger partial charge in [0.25, 0.3) is 0 Å². The zero-order chi connectivity index (χ0) is 23.5. The Morgan fingerprint density at radius 3 is 2.41 bits per heavy atom. The van der Waals surface area contributed by atoms with Gasteiger partial charge in [-0.2, -0.15) is 0 Å². The van der Waals surface area contributed by atoms with E-state index in [1.54, 1.807) is 27.2 Å². The highest BCUT2D eigenvalue weighted by atomic mass is 79.9. The number of carboxylic acid groups (broad SMARTS) is 1. The van der Waals surface area contributed by atoms with Crippen LogP contribution in [0.2, 0.25) is 0 Å². The molecule has 0 unspecified atom stereocenters. The SMILES string of the molecule is CCO[C@@H](Cc1ccc(OCC=C(C)C#Cc2cc(OC)cc(OC)c2)c(Br)c1)C(=O)O. The summed E-state index contributed by atoms with van der Waals surface area (Å²) in [6, 6.07) is 11.0. The van der Waals surface area contributed by atoms with Crippen LogP contribution < -0.4 is 14.2 Å². The molecule has 7 heteroatoms. The minimum atomic E-state index is -0.975. The summed E-state index contributed by atoms with van der Waals surface area (Å²) in [7, 11) is 3.20. The predicted octanol–water partition coefficient (Wildman–Crippen LogP) is 4.88. The molecule has 2 aromatic carbocycles. The number of hydrogen-bond donors (Lipinski definition) is 1. The van der Waals surface area contributed by atoms with Crippen LogP contribution >= 0.6 is 15.9 Å². The summed E-state index contributed by atoms with van der Waals surface area (Å²) < 4.78 is 22.3. The number of carbonyl (C=O) groups is 1. The molecule has 6 nitrogen and oxygen atoms in total. The van der Waals surface area contributed by atoms with E-state index in [9.17, 15) is 9.90 Å². The number of ether oxygens (including phenoxy) is 4. The molecule has 0 spiro atoms. The number of halogens is 1. The Labute approximate surface area is 197 Å². The first-order chi connectivity index (χ1) is 15.4. The summed E-state index contributed by atoms with van der Waals surface area (Å²) in [6.45, 7) is 4.37. The molecule has 0 aromatic heterocycles. The summed E-state index contributed by atoms with van der Waals surface area (Å²) in [6.07, 6.45) is 1.30. The van der Waals surface area contributed by atoms with E-state index in [0.29, 0.717) is 30.5 Å². The Hall–Kier alpha value is -2.95. The van der Waals surface area contributed by atoms with Gasteiger partial charge in [0.2, 0.25) is 0 Å². The summed E-state index contributed by atoms with van der Waals surface area (Å²) in [5.41, 5.74) is 2.50. The van der Waals surface area contributed by atoms with Crippen LogP contribution in [0.25, 0.3) is 0 Å². The van der Waals surface area contributed by atoms with Crippen molar-refractivity contribution in [3.63, 3.8) is 0 Å². The quantitative estimate of drug-likeness (QED) is 0.467. The van der Waals surface area contributed by atoms with Crippen LogP contribution in [0.1, 0.15) is 25.0 Å². The molecule has 0 radical (unpaired) electrons. The van der Waals surface area contributed by atoms with Gasteiger partial charge in [0.15, 0.2) is 6.10 Å². The van der Waals surface area contributed by atoms with E-state index in [1.165, 1.54) is 0 Å². The van der Waals surface area contributed by atoms with E-state index in [1.807, 2.05) is 43.3 Å². The van der Waals surface area contributed by atoms with Crippen LogP contribution in [0.3, 0.4) is 0 Å². The van der Waals surface area contributed by atoms with Crippen molar-refractivity contribution in [2.45, 2.75) is 26.4 Å². The first-order valence-electron chi connectivity index (χ1n) is 10.0. The molecule has 0 aliphatic rings. The number of hydrogen-bond acceptors (Lipinski definition) is 5. The normalized spacial score (nSPS) is 11.8. The molecule has 0 saturated carbocycles. The second kappa shape index (κ2) is 12.8. The number of methoxy groups -OCH3 is 2. The van der Waals surface area contributed by atoms with E-state index in [4.69, 9.17) is 18.9 Å². The van der Waals surface area contributed by atoms with Gasteiger partial charge >= 0.3 is 5.97 Å². The van der Waals surface area contributed by atoms with E-state index >= 15 is 0 Å². The highest BCUT2D eigenvalue weighted by Crippen LogP contribution is 2.27.